The third-order valence-electron chi connectivity index (χ3n) is 3.25. The van der Waals surface area contributed by atoms with Gasteiger partial charge in [0.25, 0.3) is 0 Å². The number of aromatic nitrogens is 1. The molecular formula is C13H22N4. The second-order valence-electron chi connectivity index (χ2n) is 4.76. The van der Waals surface area contributed by atoms with Crippen LogP contribution in [0.25, 0.3) is 0 Å². The molecule has 2 rings (SSSR count). The fourth-order valence-electron chi connectivity index (χ4n) is 2.09. The average Bonchev–Trinajstić information content (AvgIpc) is 2.32. The molecule has 1 N–H and O–H groups in total. The van der Waals surface area contributed by atoms with Crippen LogP contribution in [0.3, 0.4) is 0 Å². The van der Waals surface area contributed by atoms with E-state index in [1.54, 1.807) is 0 Å². The Balaban J connectivity index is 1.69. The Kier molecular flexibility index (Phi) is 4.34. The van der Waals surface area contributed by atoms with Crippen LogP contribution < -0.4 is 5.32 Å². The van der Waals surface area contributed by atoms with Crippen molar-refractivity contribution in [3.63, 3.8) is 0 Å². The maximum atomic E-state index is 4.19. The summed E-state index contributed by atoms with van der Waals surface area (Å²) in [6.45, 7) is 8.90. The van der Waals surface area contributed by atoms with Crippen molar-refractivity contribution in [1.82, 2.24) is 14.8 Å². The molecule has 4 heteroatoms. The minimum atomic E-state index is 1.01. The molecule has 1 aromatic heterocycles. The van der Waals surface area contributed by atoms with Gasteiger partial charge in [-0.25, -0.2) is 0 Å². The predicted octanol–water partition coefficient (Wildman–Crippen LogP) is 1.05. The van der Waals surface area contributed by atoms with E-state index < -0.39 is 0 Å². The normalized spacial score (nSPS) is 18.2. The summed E-state index contributed by atoms with van der Waals surface area (Å²) in [6, 6.07) is 4.11. The van der Waals surface area contributed by atoms with Gasteiger partial charge in [-0.05, 0) is 26.1 Å². The van der Waals surface area contributed by atoms with Gasteiger partial charge >= 0.3 is 0 Å². The second-order valence-corrected chi connectivity index (χ2v) is 4.76. The van der Waals surface area contributed by atoms with Crippen LogP contribution >= 0.6 is 0 Å². The van der Waals surface area contributed by atoms with Gasteiger partial charge in [-0.15, -0.1) is 0 Å². The number of hydrogen-bond acceptors (Lipinski definition) is 4. The van der Waals surface area contributed by atoms with Gasteiger partial charge in [-0.1, -0.05) is 0 Å². The summed E-state index contributed by atoms with van der Waals surface area (Å²) < 4.78 is 0. The monoisotopic (exact) mass is 234 g/mol. The van der Waals surface area contributed by atoms with Crippen LogP contribution in [0.2, 0.25) is 0 Å². The average molecular weight is 234 g/mol. The number of rotatable bonds is 4. The fourth-order valence-corrected chi connectivity index (χ4v) is 2.09. The van der Waals surface area contributed by atoms with E-state index in [2.05, 4.69) is 33.2 Å². The van der Waals surface area contributed by atoms with Crippen LogP contribution in [0.4, 0.5) is 5.69 Å². The van der Waals surface area contributed by atoms with Gasteiger partial charge in [0, 0.05) is 56.8 Å². The molecule has 17 heavy (non-hydrogen) atoms. The third kappa shape index (κ3) is 3.98. The maximum absolute atomic E-state index is 4.19. The molecule has 1 aliphatic heterocycles. The van der Waals surface area contributed by atoms with Gasteiger partial charge in [0.2, 0.25) is 0 Å². The van der Waals surface area contributed by atoms with Gasteiger partial charge in [-0.2, -0.15) is 0 Å². The summed E-state index contributed by atoms with van der Waals surface area (Å²) in [5.74, 6) is 0. The molecule has 0 spiro atoms. The maximum Gasteiger partial charge on any atom is 0.0393 e. The molecule has 1 aliphatic rings. The van der Waals surface area contributed by atoms with Gasteiger partial charge < -0.3 is 10.2 Å². The second kappa shape index (κ2) is 5.98. The number of anilines is 1. The number of nitrogens with one attached hydrogen (secondary N) is 1. The van der Waals surface area contributed by atoms with Crippen molar-refractivity contribution in [1.29, 1.82) is 0 Å². The molecular weight excluding hydrogens is 212 g/mol. The van der Waals surface area contributed by atoms with Gasteiger partial charge in [0.05, 0.1) is 0 Å². The van der Waals surface area contributed by atoms with Crippen LogP contribution in [0.5, 0.6) is 0 Å². The van der Waals surface area contributed by atoms with Crippen LogP contribution in [0.15, 0.2) is 18.3 Å². The molecule has 0 unspecified atom stereocenters. The van der Waals surface area contributed by atoms with Gasteiger partial charge in [0.15, 0.2) is 0 Å². The predicted molar refractivity (Wildman–Crippen MR) is 71.4 cm³/mol. The highest BCUT2D eigenvalue weighted by Gasteiger charge is 2.12. The largest absolute Gasteiger partial charge is 0.384 e. The Labute approximate surface area is 104 Å². The third-order valence-corrected chi connectivity index (χ3v) is 3.25. The van der Waals surface area contributed by atoms with Gasteiger partial charge in [0.1, 0.15) is 0 Å². The Morgan fingerprint density at radius 3 is 2.76 bits per heavy atom. The minimum absolute atomic E-state index is 1.01. The zero-order valence-corrected chi connectivity index (χ0v) is 10.8. The summed E-state index contributed by atoms with van der Waals surface area (Å²) >= 11 is 0. The number of pyridine rings is 1. The highest BCUT2D eigenvalue weighted by atomic mass is 15.2. The topological polar surface area (TPSA) is 31.4 Å². The lowest BCUT2D eigenvalue weighted by molar-refractivity contribution is 0.158. The molecule has 1 saturated heterocycles. The van der Waals surface area contributed by atoms with Crippen molar-refractivity contribution in [2.24, 2.45) is 0 Å². The van der Waals surface area contributed by atoms with Crippen molar-refractivity contribution in [2.45, 2.75) is 6.92 Å². The zero-order chi connectivity index (χ0) is 12.1. The zero-order valence-electron chi connectivity index (χ0n) is 10.8. The lowest BCUT2D eigenvalue weighted by Crippen LogP contribution is -2.45. The number of likely N-dealkylation sites (N-methyl/N-ethyl adjacent to an activating group) is 1. The lowest BCUT2D eigenvalue weighted by atomic mass is 10.3. The first-order valence-electron chi connectivity index (χ1n) is 6.31. The highest BCUT2D eigenvalue weighted by Crippen LogP contribution is 2.06. The smallest absolute Gasteiger partial charge is 0.0393 e. The van der Waals surface area contributed by atoms with Crippen LogP contribution in [0.1, 0.15) is 5.69 Å². The molecule has 0 aromatic carbocycles. The summed E-state index contributed by atoms with van der Waals surface area (Å²) in [6.07, 6.45) is 1.85. The van der Waals surface area contributed by atoms with E-state index in [1.165, 1.54) is 31.9 Å². The van der Waals surface area contributed by atoms with Crippen molar-refractivity contribution in [3.05, 3.63) is 24.0 Å². The number of aryl methyl sites for hydroxylation is 1. The van der Waals surface area contributed by atoms with Crippen molar-refractivity contribution in [3.8, 4) is 0 Å². The molecule has 1 fully saturated rings. The Bertz CT molecular complexity index is 345. The van der Waals surface area contributed by atoms with Crippen molar-refractivity contribution in [2.75, 3.05) is 51.6 Å². The minimum Gasteiger partial charge on any atom is -0.384 e. The summed E-state index contributed by atoms with van der Waals surface area (Å²) in [4.78, 5) is 9.09. The molecule has 0 bridgehead atoms. The summed E-state index contributed by atoms with van der Waals surface area (Å²) in [5, 5.41) is 3.45. The SMILES string of the molecule is Cc1cc(NCCN2CCN(C)CC2)ccn1. The number of hydrogen-bond donors (Lipinski definition) is 1. The van der Waals surface area contributed by atoms with Crippen LogP contribution in [-0.2, 0) is 0 Å². The molecule has 1 aromatic rings. The Morgan fingerprint density at radius 1 is 1.29 bits per heavy atom. The summed E-state index contributed by atoms with van der Waals surface area (Å²) in [5.41, 5.74) is 2.24. The summed E-state index contributed by atoms with van der Waals surface area (Å²) in [7, 11) is 2.19. The fraction of sp³-hybridized carbons (Fsp3) is 0.615. The molecule has 4 nitrogen and oxygen atoms in total. The van der Waals surface area contributed by atoms with E-state index in [1.807, 2.05) is 19.2 Å². The van der Waals surface area contributed by atoms with Crippen molar-refractivity contribution >= 4 is 5.69 Å². The quantitative estimate of drug-likeness (QED) is 0.844. The number of piperazine rings is 1. The van der Waals surface area contributed by atoms with Gasteiger partial charge in [-0.3, -0.25) is 9.88 Å². The molecule has 2 heterocycles. The Morgan fingerprint density at radius 2 is 2.06 bits per heavy atom. The van der Waals surface area contributed by atoms with E-state index in [4.69, 9.17) is 0 Å². The molecule has 0 aliphatic carbocycles. The molecule has 0 amide bonds. The van der Waals surface area contributed by atoms with E-state index >= 15 is 0 Å². The first-order chi connectivity index (χ1) is 8.24. The lowest BCUT2D eigenvalue weighted by Gasteiger charge is -2.32. The van der Waals surface area contributed by atoms with E-state index in [-0.39, 0.29) is 0 Å². The molecule has 94 valence electrons. The molecule has 0 radical (unpaired) electrons. The van der Waals surface area contributed by atoms with E-state index in [0.29, 0.717) is 0 Å². The molecule has 0 atom stereocenters. The van der Waals surface area contributed by atoms with Crippen molar-refractivity contribution < 1.29 is 0 Å². The molecule has 0 saturated carbocycles. The van der Waals surface area contributed by atoms with Crippen LogP contribution in [0, 0.1) is 6.92 Å². The van der Waals surface area contributed by atoms with E-state index in [0.717, 1.165) is 18.8 Å². The standard InChI is InChI=1S/C13H22N4/c1-12-11-13(3-4-14-12)15-5-6-17-9-7-16(2)8-10-17/h3-4,11H,5-10H2,1-2H3,(H,14,15). The Hall–Kier alpha value is -1.13. The van der Waals surface area contributed by atoms with E-state index in [9.17, 15) is 0 Å². The first-order valence-corrected chi connectivity index (χ1v) is 6.31. The first kappa shape index (κ1) is 12.3. The highest BCUT2D eigenvalue weighted by molar-refractivity contribution is 5.42. The van der Waals surface area contributed by atoms with Crippen LogP contribution in [-0.4, -0.2) is 61.1 Å². The number of nitrogens with zero attached hydrogens (tertiary/aromatic N) is 3.